The molecule has 1 aliphatic heterocycles. The van der Waals surface area contributed by atoms with Crippen LogP contribution in [0.4, 0.5) is 0 Å². The van der Waals surface area contributed by atoms with Gasteiger partial charge >= 0.3 is 5.97 Å². The quantitative estimate of drug-likeness (QED) is 0.697. The van der Waals surface area contributed by atoms with Crippen LogP contribution in [-0.4, -0.2) is 24.8 Å². The molecule has 0 amide bonds. The van der Waals surface area contributed by atoms with E-state index < -0.39 is 0 Å². The summed E-state index contributed by atoms with van der Waals surface area (Å²) in [4.78, 5) is 15.3. The van der Waals surface area contributed by atoms with E-state index in [2.05, 4.69) is 4.99 Å². The van der Waals surface area contributed by atoms with Crippen molar-refractivity contribution in [1.29, 1.82) is 0 Å². The van der Waals surface area contributed by atoms with E-state index in [1.165, 1.54) is 0 Å². The van der Waals surface area contributed by atoms with Crippen LogP contribution in [0.3, 0.4) is 0 Å². The van der Waals surface area contributed by atoms with Gasteiger partial charge in [0.05, 0.1) is 25.3 Å². The summed E-state index contributed by atoms with van der Waals surface area (Å²) in [7, 11) is 0. The number of aliphatic imine (C=N–C) groups is 1. The van der Waals surface area contributed by atoms with E-state index in [0.29, 0.717) is 13.0 Å². The van der Waals surface area contributed by atoms with E-state index in [4.69, 9.17) is 4.74 Å². The first-order chi connectivity index (χ1) is 7.29. The molecule has 0 bridgehead atoms. The van der Waals surface area contributed by atoms with E-state index in [-0.39, 0.29) is 5.97 Å². The molecule has 1 heterocycles. The van der Waals surface area contributed by atoms with Gasteiger partial charge in [-0.2, -0.15) is 0 Å². The Morgan fingerprint density at radius 2 is 2.07 bits per heavy atom. The molecular formula is C12H13NO2. The SMILES string of the molecule is CCOC(=O)Cc1ccc(C2=NC2)cc1. The number of hydrogen-bond acceptors (Lipinski definition) is 3. The number of esters is 1. The molecule has 1 aliphatic rings. The molecule has 2 rings (SSSR count). The summed E-state index contributed by atoms with van der Waals surface area (Å²) in [6, 6.07) is 7.90. The van der Waals surface area contributed by atoms with Gasteiger partial charge in [0.25, 0.3) is 0 Å². The van der Waals surface area contributed by atoms with Crippen molar-refractivity contribution in [3.63, 3.8) is 0 Å². The number of nitrogens with zero attached hydrogens (tertiary/aromatic N) is 1. The van der Waals surface area contributed by atoms with Crippen molar-refractivity contribution in [3.8, 4) is 0 Å². The van der Waals surface area contributed by atoms with Crippen molar-refractivity contribution >= 4 is 11.7 Å². The number of hydrogen-bond donors (Lipinski definition) is 0. The molecule has 0 N–H and O–H groups in total. The molecule has 15 heavy (non-hydrogen) atoms. The second-order valence-electron chi connectivity index (χ2n) is 3.44. The van der Waals surface area contributed by atoms with Gasteiger partial charge in [0.15, 0.2) is 0 Å². The van der Waals surface area contributed by atoms with Gasteiger partial charge < -0.3 is 4.74 Å². The van der Waals surface area contributed by atoms with Crippen molar-refractivity contribution in [2.24, 2.45) is 4.99 Å². The summed E-state index contributed by atoms with van der Waals surface area (Å²) in [5.41, 5.74) is 3.29. The largest absolute Gasteiger partial charge is 0.466 e. The Balaban J connectivity index is 1.97. The maximum absolute atomic E-state index is 11.2. The van der Waals surface area contributed by atoms with Crippen molar-refractivity contribution in [3.05, 3.63) is 35.4 Å². The van der Waals surface area contributed by atoms with Crippen LogP contribution in [0, 0.1) is 0 Å². The highest BCUT2D eigenvalue weighted by atomic mass is 16.5. The van der Waals surface area contributed by atoms with E-state index in [1.54, 1.807) is 0 Å². The van der Waals surface area contributed by atoms with Crippen LogP contribution in [0.15, 0.2) is 29.3 Å². The van der Waals surface area contributed by atoms with Crippen LogP contribution >= 0.6 is 0 Å². The molecule has 78 valence electrons. The van der Waals surface area contributed by atoms with E-state index in [0.717, 1.165) is 23.4 Å². The van der Waals surface area contributed by atoms with E-state index in [1.807, 2.05) is 31.2 Å². The van der Waals surface area contributed by atoms with Gasteiger partial charge in [-0.15, -0.1) is 0 Å². The Morgan fingerprint density at radius 3 is 2.60 bits per heavy atom. The zero-order chi connectivity index (χ0) is 10.7. The molecule has 0 radical (unpaired) electrons. The van der Waals surface area contributed by atoms with Crippen LogP contribution in [0.25, 0.3) is 0 Å². The summed E-state index contributed by atoms with van der Waals surface area (Å²) in [6.45, 7) is 3.11. The monoisotopic (exact) mass is 203 g/mol. The Morgan fingerprint density at radius 1 is 1.40 bits per heavy atom. The maximum Gasteiger partial charge on any atom is 0.310 e. The lowest BCUT2D eigenvalue weighted by molar-refractivity contribution is -0.142. The average Bonchev–Trinajstić information content (AvgIpc) is 3.03. The Bertz CT molecular complexity index is 393. The van der Waals surface area contributed by atoms with E-state index >= 15 is 0 Å². The lowest BCUT2D eigenvalue weighted by Gasteiger charge is -2.02. The van der Waals surface area contributed by atoms with Gasteiger partial charge in [-0.05, 0) is 18.1 Å². The van der Waals surface area contributed by atoms with Crippen molar-refractivity contribution in [1.82, 2.24) is 0 Å². The lowest BCUT2D eigenvalue weighted by atomic mass is 10.1. The topological polar surface area (TPSA) is 38.7 Å². The highest BCUT2D eigenvalue weighted by Crippen LogP contribution is 2.12. The molecule has 0 aromatic heterocycles. The first-order valence-corrected chi connectivity index (χ1v) is 5.08. The minimum atomic E-state index is -0.172. The third kappa shape index (κ3) is 2.65. The van der Waals surface area contributed by atoms with Crippen LogP contribution < -0.4 is 0 Å². The summed E-state index contributed by atoms with van der Waals surface area (Å²) in [6.07, 6.45) is 0.348. The van der Waals surface area contributed by atoms with Gasteiger partial charge in [-0.25, -0.2) is 0 Å². The van der Waals surface area contributed by atoms with Gasteiger partial charge in [0.1, 0.15) is 0 Å². The Kier molecular flexibility index (Phi) is 2.81. The Labute approximate surface area is 88.8 Å². The van der Waals surface area contributed by atoms with Crippen molar-refractivity contribution in [2.45, 2.75) is 13.3 Å². The number of ether oxygens (including phenoxy) is 1. The zero-order valence-corrected chi connectivity index (χ0v) is 8.69. The second-order valence-corrected chi connectivity index (χ2v) is 3.44. The third-order valence-electron chi connectivity index (χ3n) is 2.26. The third-order valence-corrected chi connectivity index (χ3v) is 2.26. The molecule has 0 aliphatic carbocycles. The summed E-state index contributed by atoms with van der Waals surface area (Å²) in [5.74, 6) is -0.172. The predicted molar refractivity (Wildman–Crippen MR) is 58.2 cm³/mol. The number of rotatable bonds is 4. The van der Waals surface area contributed by atoms with Gasteiger partial charge in [0.2, 0.25) is 0 Å². The normalized spacial score (nSPS) is 13.3. The molecule has 3 nitrogen and oxygen atoms in total. The fraction of sp³-hybridized carbons (Fsp3) is 0.333. The van der Waals surface area contributed by atoms with Crippen LogP contribution in [-0.2, 0) is 16.0 Å². The summed E-state index contributed by atoms with van der Waals surface area (Å²) >= 11 is 0. The standard InChI is InChI=1S/C12H13NO2/c1-2-15-12(14)7-9-3-5-10(6-4-9)11-8-13-11/h3-6H,2,7-8H2,1H3. The minimum absolute atomic E-state index is 0.172. The summed E-state index contributed by atoms with van der Waals surface area (Å²) < 4.78 is 4.87. The molecule has 1 aromatic rings. The molecule has 0 saturated carbocycles. The van der Waals surface area contributed by atoms with Crippen LogP contribution in [0.2, 0.25) is 0 Å². The average molecular weight is 203 g/mol. The van der Waals surface area contributed by atoms with Gasteiger partial charge in [0, 0.05) is 0 Å². The summed E-state index contributed by atoms with van der Waals surface area (Å²) in [5, 5.41) is 0. The maximum atomic E-state index is 11.2. The molecular weight excluding hydrogens is 190 g/mol. The number of benzene rings is 1. The zero-order valence-electron chi connectivity index (χ0n) is 8.69. The highest BCUT2D eigenvalue weighted by Gasteiger charge is 2.12. The Hall–Kier alpha value is -1.64. The smallest absolute Gasteiger partial charge is 0.310 e. The lowest BCUT2D eigenvalue weighted by Crippen LogP contribution is -2.07. The van der Waals surface area contributed by atoms with Crippen LogP contribution in [0.5, 0.6) is 0 Å². The predicted octanol–water partition coefficient (Wildman–Crippen LogP) is 1.59. The molecule has 0 atom stereocenters. The number of carbonyl (C=O) groups is 1. The van der Waals surface area contributed by atoms with Gasteiger partial charge in [-0.3, -0.25) is 9.79 Å². The van der Waals surface area contributed by atoms with Crippen LogP contribution in [0.1, 0.15) is 18.1 Å². The molecule has 3 heteroatoms. The molecule has 0 spiro atoms. The van der Waals surface area contributed by atoms with Gasteiger partial charge in [-0.1, -0.05) is 24.3 Å². The minimum Gasteiger partial charge on any atom is -0.466 e. The fourth-order valence-corrected chi connectivity index (χ4v) is 1.42. The fourth-order valence-electron chi connectivity index (χ4n) is 1.42. The molecule has 0 unspecified atom stereocenters. The second kappa shape index (κ2) is 4.26. The molecule has 0 fully saturated rings. The first-order valence-electron chi connectivity index (χ1n) is 5.08. The van der Waals surface area contributed by atoms with Crippen molar-refractivity contribution in [2.75, 3.05) is 13.2 Å². The van der Waals surface area contributed by atoms with Crippen molar-refractivity contribution < 1.29 is 9.53 Å². The number of carbonyl (C=O) groups excluding carboxylic acids is 1. The first kappa shape index (κ1) is 9.90. The molecule has 0 saturated heterocycles. The highest BCUT2D eigenvalue weighted by molar-refractivity contribution is 6.10. The molecule has 1 aromatic carbocycles. The van der Waals surface area contributed by atoms with E-state index in [9.17, 15) is 4.79 Å².